The summed E-state index contributed by atoms with van der Waals surface area (Å²) < 4.78 is 2.21. The molecule has 0 aliphatic carbocycles. The third kappa shape index (κ3) is 4.62. The molecule has 7 nitrogen and oxygen atoms in total. The number of carbonyl (C=O) groups is 1. The molecule has 0 saturated heterocycles. The topological polar surface area (TPSA) is 89.8 Å². The van der Waals surface area contributed by atoms with E-state index >= 15 is 0 Å². The Morgan fingerprint density at radius 3 is 2.81 bits per heavy atom. The maximum absolute atomic E-state index is 12.5. The number of halogens is 1. The van der Waals surface area contributed by atoms with Gasteiger partial charge in [-0.25, -0.2) is 4.68 Å². The molecule has 2 aromatic heterocycles. The molecule has 0 spiro atoms. The van der Waals surface area contributed by atoms with Crippen LogP contribution in [0.25, 0.3) is 5.69 Å². The highest BCUT2D eigenvalue weighted by Gasteiger charge is 2.17. The molecule has 0 aliphatic heterocycles. The number of nitrogens with one attached hydrogen (secondary N) is 1. The molecule has 1 aromatic carbocycles. The Morgan fingerprint density at radius 1 is 1.37 bits per heavy atom. The summed E-state index contributed by atoms with van der Waals surface area (Å²) in [7, 11) is 0. The fourth-order valence-corrected chi connectivity index (χ4v) is 3.79. The van der Waals surface area contributed by atoms with Crippen molar-refractivity contribution in [3.05, 3.63) is 69.6 Å². The van der Waals surface area contributed by atoms with Crippen LogP contribution in [-0.2, 0) is 0 Å². The average Bonchev–Trinajstić information content (AvgIpc) is 3.08. The molecule has 0 atom stereocenters. The summed E-state index contributed by atoms with van der Waals surface area (Å²) in [5.41, 5.74) is 0.579. The summed E-state index contributed by atoms with van der Waals surface area (Å²) in [5.74, 6) is 0.0487. The predicted octanol–water partition coefficient (Wildman–Crippen LogP) is 3.58. The van der Waals surface area contributed by atoms with Crippen LogP contribution in [-0.4, -0.2) is 31.6 Å². The average molecular weight is 420 g/mol. The minimum atomic E-state index is -0.640. The van der Waals surface area contributed by atoms with Crippen LogP contribution in [0.4, 0.5) is 5.13 Å². The third-order valence-electron chi connectivity index (χ3n) is 3.35. The molecule has 0 radical (unpaired) electrons. The van der Waals surface area contributed by atoms with Crippen molar-refractivity contribution in [1.82, 2.24) is 20.0 Å². The first-order valence-electron chi connectivity index (χ1n) is 7.73. The van der Waals surface area contributed by atoms with Gasteiger partial charge in [-0.05, 0) is 31.2 Å². The standard InChI is InChI=1S/C17H14ClN5O2S2/c1-3-8-26-17-21-20-16(27-17)19-15(25)14-13(24)9-10(2)23(22-14)12-6-4-11(18)5-7-12/h3-7,9H,1,8H2,2H3,(H,19,20,25). The Hall–Kier alpha value is -2.49. The molecule has 2 heterocycles. The van der Waals surface area contributed by atoms with Gasteiger partial charge in [0.2, 0.25) is 10.6 Å². The maximum Gasteiger partial charge on any atom is 0.282 e. The van der Waals surface area contributed by atoms with E-state index in [-0.39, 0.29) is 5.69 Å². The van der Waals surface area contributed by atoms with Crippen molar-refractivity contribution >= 4 is 45.7 Å². The summed E-state index contributed by atoms with van der Waals surface area (Å²) >= 11 is 8.58. The SMILES string of the molecule is C=CCSc1nnc(NC(=O)c2nn(-c3ccc(Cl)cc3)c(C)cc2=O)s1. The zero-order chi connectivity index (χ0) is 19.4. The summed E-state index contributed by atoms with van der Waals surface area (Å²) in [6.07, 6.45) is 1.75. The second kappa shape index (κ2) is 8.47. The van der Waals surface area contributed by atoms with Crippen molar-refractivity contribution < 1.29 is 4.79 Å². The molecule has 0 aliphatic rings. The van der Waals surface area contributed by atoms with Crippen molar-refractivity contribution in [3.8, 4) is 5.69 Å². The lowest BCUT2D eigenvalue weighted by atomic mass is 10.2. The van der Waals surface area contributed by atoms with Gasteiger partial charge in [0.05, 0.1) is 5.69 Å². The Labute approximate surface area is 168 Å². The second-order valence-corrected chi connectivity index (χ2v) is 7.99. The van der Waals surface area contributed by atoms with Crippen molar-refractivity contribution in [2.75, 3.05) is 11.1 Å². The number of anilines is 1. The Morgan fingerprint density at radius 2 is 2.11 bits per heavy atom. The normalized spacial score (nSPS) is 10.6. The first-order chi connectivity index (χ1) is 13.0. The zero-order valence-corrected chi connectivity index (χ0v) is 16.6. The van der Waals surface area contributed by atoms with E-state index in [9.17, 15) is 9.59 Å². The van der Waals surface area contributed by atoms with E-state index in [1.165, 1.54) is 33.8 Å². The molecule has 138 valence electrons. The quantitative estimate of drug-likeness (QED) is 0.373. The van der Waals surface area contributed by atoms with Gasteiger partial charge < -0.3 is 0 Å². The third-order valence-corrected chi connectivity index (χ3v) is 5.57. The van der Waals surface area contributed by atoms with Gasteiger partial charge >= 0.3 is 0 Å². The van der Waals surface area contributed by atoms with Crippen molar-refractivity contribution in [1.29, 1.82) is 0 Å². The molecular weight excluding hydrogens is 406 g/mol. The van der Waals surface area contributed by atoms with Gasteiger partial charge in [0.15, 0.2) is 10.0 Å². The lowest BCUT2D eigenvalue weighted by Crippen LogP contribution is -2.26. The van der Waals surface area contributed by atoms with Crippen LogP contribution in [0, 0.1) is 6.92 Å². The largest absolute Gasteiger partial charge is 0.295 e. The first kappa shape index (κ1) is 19.3. The predicted molar refractivity (Wildman–Crippen MR) is 108 cm³/mol. The van der Waals surface area contributed by atoms with Crippen molar-refractivity contribution in [3.63, 3.8) is 0 Å². The molecule has 1 amide bonds. The number of benzene rings is 1. The van der Waals surface area contributed by atoms with E-state index in [0.717, 1.165) is 0 Å². The van der Waals surface area contributed by atoms with E-state index in [4.69, 9.17) is 11.6 Å². The highest BCUT2D eigenvalue weighted by atomic mass is 35.5. The van der Waals surface area contributed by atoms with E-state index in [1.54, 1.807) is 37.3 Å². The number of thioether (sulfide) groups is 1. The monoisotopic (exact) mass is 419 g/mol. The van der Waals surface area contributed by atoms with Gasteiger partial charge in [0.25, 0.3) is 5.91 Å². The van der Waals surface area contributed by atoms with Gasteiger partial charge in [0.1, 0.15) is 0 Å². The fourth-order valence-electron chi connectivity index (χ4n) is 2.15. The van der Waals surface area contributed by atoms with E-state index < -0.39 is 11.3 Å². The zero-order valence-electron chi connectivity index (χ0n) is 14.2. The minimum Gasteiger partial charge on any atom is -0.295 e. The van der Waals surface area contributed by atoms with Crippen LogP contribution in [0.2, 0.25) is 5.02 Å². The van der Waals surface area contributed by atoms with Crippen molar-refractivity contribution in [2.45, 2.75) is 11.3 Å². The van der Waals surface area contributed by atoms with Gasteiger partial charge in [-0.2, -0.15) is 5.10 Å². The molecule has 10 heteroatoms. The number of hydrogen-bond donors (Lipinski definition) is 1. The Balaban J connectivity index is 1.87. The molecule has 0 bridgehead atoms. The number of amides is 1. The highest BCUT2D eigenvalue weighted by Crippen LogP contribution is 2.25. The lowest BCUT2D eigenvalue weighted by molar-refractivity contribution is 0.101. The van der Waals surface area contributed by atoms with E-state index in [2.05, 4.69) is 27.2 Å². The van der Waals surface area contributed by atoms with Crippen LogP contribution in [0.1, 0.15) is 16.2 Å². The number of rotatable bonds is 6. The molecule has 27 heavy (non-hydrogen) atoms. The summed E-state index contributed by atoms with van der Waals surface area (Å²) in [6.45, 7) is 5.37. The van der Waals surface area contributed by atoms with Crippen LogP contribution in [0.5, 0.6) is 0 Å². The maximum atomic E-state index is 12.5. The van der Waals surface area contributed by atoms with Gasteiger partial charge in [-0.15, -0.1) is 16.8 Å². The Bertz CT molecular complexity index is 1050. The number of aryl methyl sites for hydroxylation is 1. The van der Waals surface area contributed by atoms with Crippen LogP contribution in [0.15, 0.2) is 52.1 Å². The van der Waals surface area contributed by atoms with E-state index in [0.29, 0.717) is 31.6 Å². The highest BCUT2D eigenvalue weighted by molar-refractivity contribution is 8.01. The molecule has 0 fully saturated rings. The van der Waals surface area contributed by atoms with Gasteiger partial charge in [0, 0.05) is 22.5 Å². The molecule has 1 N–H and O–H groups in total. The van der Waals surface area contributed by atoms with Crippen LogP contribution < -0.4 is 10.7 Å². The smallest absolute Gasteiger partial charge is 0.282 e. The van der Waals surface area contributed by atoms with E-state index in [1.807, 2.05) is 0 Å². The second-order valence-electron chi connectivity index (χ2n) is 5.31. The molecule has 3 aromatic rings. The number of hydrogen-bond acceptors (Lipinski definition) is 7. The fraction of sp³-hybridized carbons (Fsp3) is 0.118. The molecule has 0 unspecified atom stereocenters. The van der Waals surface area contributed by atoms with Crippen LogP contribution in [0.3, 0.4) is 0 Å². The summed E-state index contributed by atoms with van der Waals surface area (Å²) in [5, 5.41) is 15.5. The summed E-state index contributed by atoms with van der Waals surface area (Å²) in [6, 6.07) is 8.28. The number of nitrogens with zero attached hydrogens (tertiary/aromatic N) is 4. The minimum absolute atomic E-state index is 0.231. The van der Waals surface area contributed by atoms with Crippen molar-refractivity contribution in [2.24, 2.45) is 0 Å². The lowest BCUT2D eigenvalue weighted by Gasteiger charge is -2.11. The molecule has 3 rings (SSSR count). The summed E-state index contributed by atoms with van der Waals surface area (Å²) in [4.78, 5) is 24.8. The van der Waals surface area contributed by atoms with Crippen LogP contribution >= 0.6 is 34.7 Å². The Kier molecular flexibility index (Phi) is 6.04. The first-order valence-corrected chi connectivity index (χ1v) is 9.91. The molecule has 0 saturated carbocycles. The van der Waals surface area contributed by atoms with Gasteiger partial charge in [-0.3, -0.25) is 14.9 Å². The number of carbonyl (C=O) groups excluding carboxylic acids is 1. The number of aromatic nitrogens is 4. The molecular formula is C17H14ClN5O2S2. The van der Waals surface area contributed by atoms with Gasteiger partial charge in [-0.1, -0.05) is 40.8 Å².